The summed E-state index contributed by atoms with van der Waals surface area (Å²) < 4.78 is 21.9. The molecule has 0 bridgehead atoms. The van der Waals surface area contributed by atoms with Crippen molar-refractivity contribution in [2.45, 2.75) is 26.6 Å². The molecule has 0 spiro atoms. The number of rotatable bonds is 8. The third-order valence-corrected chi connectivity index (χ3v) is 5.01. The number of methoxy groups -OCH3 is 2. The van der Waals surface area contributed by atoms with E-state index in [9.17, 15) is 9.59 Å². The van der Waals surface area contributed by atoms with Gasteiger partial charge in [-0.25, -0.2) is 0 Å². The molecule has 1 aliphatic rings. The maximum absolute atomic E-state index is 13.0. The highest BCUT2D eigenvalue weighted by Crippen LogP contribution is 2.20. The molecule has 0 saturated carbocycles. The summed E-state index contributed by atoms with van der Waals surface area (Å²) in [7, 11) is 3.09. The SMILES string of the molecule is COc1cccc(CO[C@H]2CN(CC(C)C)C(=O)CN(C(=O)c3ccc(OC)o3)C2)c1. The lowest BCUT2D eigenvalue weighted by molar-refractivity contribution is -0.132. The van der Waals surface area contributed by atoms with Gasteiger partial charge in [-0.05, 0) is 29.7 Å². The van der Waals surface area contributed by atoms with Crippen molar-refractivity contribution >= 4 is 11.8 Å². The van der Waals surface area contributed by atoms with Crippen LogP contribution < -0.4 is 9.47 Å². The van der Waals surface area contributed by atoms with Crippen LogP contribution in [0.15, 0.2) is 40.8 Å². The van der Waals surface area contributed by atoms with Gasteiger partial charge in [0, 0.05) is 25.7 Å². The molecule has 8 nitrogen and oxygen atoms in total. The summed E-state index contributed by atoms with van der Waals surface area (Å²) in [5.74, 6) is 0.970. The predicted octanol–water partition coefficient (Wildman–Crippen LogP) is 2.82. The van der Waals surface area contributed by atoms with Crippen molar-refractivity contribution in [1.82, 2.24) is 9.80 Å². The van der Waals surface area contributed by atoms with Crippen LogP contribution in [-0.2, 0) is 16.1 Å². The largest absolute Gasteiger partial charge is 0.497 e. The molecule has 0 unspecified atom stereocenters. The van der Waals surface area contributed by atoms with E-state index < -0.39 is 0 Å². The minimum atomic E-state index is -0.363. The molecule has 8 heteroatoms. The maximum atomic E-state index is 13.0. The minimum absolute atomic E-state index is 0.0202. The van der Waals surface area contributed by atoms with Crippen LogP contribution in [0.2, 0.25) is 0 Å². The first-order valence-corrected chi connectivity index (χ1v) is 10.3. The van der Waals surface area contributed by atoms with Gasteiger partial charge in [0.15, 0.2) is 5.76 Å². The fraction of sp³-hybridized carbons (Fsp3) is 0.478. The van der Waals surface area contributed by atoms with Gasteiger partial charge in [0.1, 0.15) is 12.3 Å². The van der Waals surface area contributed by atoms with Crippen molar-refractivity contribution in [3.63, 3.8) is 0 Å². The second-order valence-electron chi connectivity index (χ2n) is 7.99. The topological polar surface area (TPSA) is 81.5 Å². The summed E-state index contributed by atoms with van der Waals surface area (Å²) in [6.45, 7) is 5.76. The van der Waals surface area contributed by atoms with Gasteiger partial charge in [-0.3, -0.25) is 9.59 Å². The van der Waals surface area contributed by atoms with E-state index in [0.717, 1.165) is 11.3 Å². The zero-order valence-electron chi connectivity index (χ0n) is 18.5. The summed E-state index contributed by atoms with van der Waals surface area (Å²) in [4.78, 5) is 29.1. The van der Waals surface area contributed by atoms with Crippen molar-refractivity contribution in [2.75, 3.05) is 40.4 Å². The minimum Gasteiger partial charge on any atom is -0.497 e. The summed E-state index contributed by atoms with van der Waals surface area (Å²) in [5, 5.41) is 0. The smallest absolute Gasteiger partial charge is 0.290 e. The second-order valence-corrected chi connectivity index (χ2v) is 7.99. The summed E-state index contributed by atoms with van der Waals surface area (Å²) in [6.07, 6.45) is -0.336. The summed E-state index contributed by atoms with van der Waals surface area (Å²) >= 11 is 0. The fourth-order valence-electron chi connectivity index (χ4n) is 3.53. The first kappa shape index (κ1) is 22.7. The Kier molecular flexibility index (Phi) is 7.57. The lowest BCUT2D eigenvalue weighted by Gasteiger charge is -2.26. The third kappa shape index (κ3) is 6.01. The molecule has 0 aliphatic carbocycles. The second kappa shape index (κ2) is 10.3. The van der Waals surface area contributed by atoms with Gasteiger partial charge in [0.05, 0.1) is 26.9 Å². The fourth-order valence-corrected chi connectivity index (χ4v) is 3.53. The van der Waals surface area contributed by atoms with Crippen LogP contribution in [0.3, 0.4) is 0 Å². The van der Waals surface area contributed by atoms with Gasteiger partial charge in [-0.2, -0.15) is 0 Å². The van der Waals surface area contributed by atoms with Crippen molar-refractivity contribution < 1.29 is 28.2 Å². The molecule has 31 heavy (non-hydrogen) atoms. The van der Waals surface area contributed by atoms with Crippen molar-refractivity contribution in [2.24, 2.45) is 5.92 Å². The molecular formula is C23H30N2O6. The lowest BCUT2D eigenvalue weighted by atomic mass is 10.2. The quantitative estimate of drug-likeness (QED) is 0.641. The van der Waals surface area contributed by atoms with Gasteiger partial charge in [-0.15, -0.1) is 0 Å². The van der Waals surface area contributed by atoms with Crippen LogP contribution >= 0.6 is 0 Å². The number of benzene rings is 1. The van der Waals surface area contributed by atoms with Crippen LogP contribution in [0.5, 0.6) is 11.7 Å². The highest BCUT2D eigenvalue weighted by atomic mass is 16.6. The Morgan fingerprint density at radius 2 is 1.97 bits per heavy atom. The van der Waals surface area contributed by atoms with Crippen molar-refractivity contribution in [3.05, 3.63) is 47.7 Å². The Hall–Kier alpha value is -3.00. The summed E-state index contributed by atoms with van der Waals surface area (Å²) in [5.41, 5.74) is 0.957. The average molecular weight is 431 g/mol. The number of nitrogens with zero attached hydrogens (tertiary/aromatic N) is 2. The molecule has 1 atom stereocenters. The van der Waals surface area contributed by atoms with E-state index in [-0.39, 0.29) is 42.7 Å². The maximum Gasteiger partial charge on any atom is 0.290 e. The molecule has 0 N–H and O–H groups in total. The zero-order valence-corrected chi connectivity index (χ0v) is 18.5. The van der Waals surface area contributed by atoms with Crippen LogP contribution in [-0.4, -0.2) is 68.1 Å². The Bertz CT molecular complexity index is 894. The first-order valence-electron chi connectivity index (χ1n) is 10.3. The van der Waals surface area contributed by atoms with Crippen LogP contribution in [0.4, 0.5) is 0 Å². The predicted molar refractivity (Wildman–Crippen MR) is 114 cm³/mol. The normalized spacial score (nSPS) is 17.1. The average Bonchev–Trinajstić information content (AvgIpc) is 3.19. The Labute approximate surface area is 182 Å². The third-order valence-electron chi connectivity index (χ3n) is 5.01. The standard InChI is InChI=1S/C23H30N2O6/c1-16(2)11-24-12-19(30-15-17-6-5-7-18(10-17)28-3)13-25(14-21(24)26)23(27)20-8-9-22(29-4)31-20/h5-10,16,19H,11-15H2,1-4H3/t19-/m0/s1. The van der Waals surface area contributed by atoms with Crippen LogP contribution in [0.1, 0.15) is 30.0 Å². The van der Waals surface area contributed by atoms with Crippen LogP contribution in [0, 0.1) is 5.92 Å². The Morgan fingerprint density at radius 1 is 1.16 bits per heavy atom. The number of carbonyl (C=O) groups excluding carboxylic acids is 2. The molecule has 0 radical (unpaired) electrons. The van der Waals surface area contributed by atoms with E-state index in [1.54, 1.807) is 24.1 Å². The monoisotopic (exact) mass is 430 g/mol. The molecule has 2 heterocycles. The van der Waals surface area contributed by atoms with Gasteiger partial charge in [-0.1, -0.05) is 26.0 Å². The molecule has 1 saturated heterocycles. The molecule has 1 aromatic heterocycles. The van der Waals surface area contributed by atoms with Crippen molar-refractivity contribution in [3.8, 4) is 11.7 Å². The van der Waals surface area contributed by atoms with Gasteiger partial charge < -0.3 is 28.4 Å². The first-order chi connectivity index (χ1) is 14.9. The number of hydrogen-bond acceptors (Lipinski definition) is 6. The highest BCUT2D eigenvalue weighted by Gasteiger charge is 2.32. The molecule has 168 valence electrons. The van der Waals surface area contributed by atoms with E-state index in [2.05, 4.69) is 13.8 Å². The zero-order chi connectivity index (χ0) is 22.4. The molecule has 2 amide bonds. The molecule has 1 fully saturated rings. The van der Waals surface area contributed by atoms with Gasteiger partial charge >= 0.3 is 0 Å². The van der Waals surface area contributed by atoms with Gasteiger partial charge in [0.25, 0.3) is 11.9 Å². The molecule has 3 rings (SSSR count). The number of amides is 2. The van der Waals surface area contributed by atoms with Gasteiger partial charge in [0.2, 0.25) is 5.91 Å². The van der Waals surface area contributed by atoms with E-state index in [1.165, 1.54) is 12.0 Å². The number of furan rings is 1. The highest BCUT2D eigenvalue weighted by molar-refractivity contribution is 5.94. The van der Waals surface area contributed by atoms with Crippen LogP contribution in [0.25, 0.3) is 0 Å². The van der Waals surface area contributed by atoms with E-state index in [0.29, 0.717) is 25.6 Å². The number of carbonyl (C=O) groups is 2. The lowest BCUT2D eigenvalue weighted by Crippen LogP contribution is -2.40. The molecule has 1 aromatic carbocycles. The molecule has 2 aromatic rings. The van der Waals surface area contributed by atoms with E-state index in [4.69, 9.17) is 18.6 Å². The van der Waals surface area contributed by atoms with Crippen molar-refractivity contribution in [1.29, 1.82) is 0 Å². The molecule has 1 aliphatic heterocycles. The molecular weight excluding hydrogens is 400 g/mol. The number of hydrogen-bond donors (Lipinski definition) is 0. The number of ether oxygens (including phenoxy) is 3. The summed E-state index contributed by atoms with van der Waals surface area (Å²) in [6, 6.07) is 10.8. The van der Waals surface area contributed by atoms with E-state index in [1.807, 2.05) is 24.3 Å². The Morgan fingerprint density at radius 3 is 2.65 bits per heavy atom. The van der Waals surface area contributed by atoms with E-state index >= 15 is 0 Å². The Balaban J connectivity index is 1.76.